The summed E-state index contributed by atoms with van der Waals surface area (Å²) in [7, 11) is -4.00. The van der Waals surface area contributed by atoms with Gasteiger partial charge in [0.1, 0.15) is 4.90 Å². The highest BCUT2D eigenvalue weighted by Crippen LogP contribution is 2.30. The summed E-state index contributed by atoms with van der Waals surface area (Å²) < 4.78 is 31.0. The van der Waals surface area contributed by atoms with E-state index in [-0.39, 0.29) is 10.8 Å². The molecule has 0 aliphatic rings. The van der Waals surface area contributed by atoms with Crippen molar-refractivity contribution in [1.82, 2.24) is 4.98 Å². The summed E-state index contributed by atoms with van der Waals surface area (Å²) in [6.07, 6.45) is 0. The molecule has 0 aliphatic heterocycles. The van der Waals surface area contributed by atoms with Crippen LogP contribution in [0.3, 0.4) is 0 Å². The van der Waals surface area contributed by atoms with Crippen LogP contribution in [0, 0.1) is 13.8 Å². The smallest absolute Gasteiger partial charge is 0.340 e. The largest absolute Gasteiger partial charge is 0.358 e. The molecule has 30 heavy (non-hydrogen) atoms. The fourth-order valence-corrected chi connectivity index (χ4v) is 3.96. The highest BCUT2D eigenvalue weighted by atomic mass is 32.2. The summed E-state index contributed by atoms with van der Waals surface area (Å²) in [5.41, 5.74) is 5.42. The molecule has 4 aromatic rings. The van der Waals surface area contributed by atoms with Crippen LogP contribution >= 0.6 is 0 Å². The molecule has 0 saturated heterocycles. The lowest BCUT2D eigenvalue weighted by molar-refractivity contribution is 0.476. The maximum Gasteiger partial charge on any atom is 0.340 e. The second kappa shape index (κ2) is 8.13. The summed E-state index contributed by atoms with van der Waals surface area (Å²) >= 11 is 0. The predicted octanol–water partition coefficient (Wildman–Crippen LogP) is 5.80. The monoisotopic (exact) mass is 415 g/mol. The lowest BCUT2D eigenvalue weighted by atomic mass is 10.0. The zero-order chi connectivity index (χ0) is 21.1. The molecule has 150 valence electrons. The van der Waals surface area contributed by atoms with Crippen LogP contribution < -0.4 is 4.18 Å². The average molecular weight is 416 g/mol. The third kappa shape index (κ3) is 4.42. The highest BCUT2D eigenvalue weighted by Gasteiger charge is 2.19. The number of hydrogen-bond acceptors (Lipinski definition) is 4. The molecular formula is C25H21NO3S. The molecule has 0 fully saturated rings. The van der Waals surface area contributed by atoms with Gasteiger partial charge in [0.15, 0.2) is 0 Å². The molecule has 1 heterocycles. The molecule has 0 unspecified atom stereocenters. The van der Waals surface area contributed by atoms with Gasteiger partial charge >= 0.3 is 10.1 Å². The lowest BCUT2D eigenvalue weighted by Crippen LogP contribution is -2.11. The first-order valence-corrected chi connectivity index (χ1v) is 11.0. The van der Waals surface area contributed by atoms with Gasteiger partial charge in [-0.3, -0.25) is 0 Å². The van der Waals surface area contributed by atoms with E-state index < -0.39 is 10.1 Å². The quantitative estimate of drug-likeness (QED) is 0.387. The molecule has 5 heteroatoms. The van der Waals surface area contributed by atoms with Gasteiger partial charge in [-0.15, -0.1) is 0 Å². The number of nitrogens with zero attached hydrogens (tertiary/aromatic N) is 1. The van der Waals surface area contributed by atoms with Crippen LogP contribution in [-0.4, -0.2) is 13.4 Å². The third-order valence-electron chi connectivity index (χ3n) is 4.76. The van der Waals surface area contributed by atoms with Crippen molar-refractivity contribution in [3.8, 4) is 28.3 Å². The van der Waals surface area contributed by atoms with E-state index in [1.54, 1.807) is 18.2 Å². The summed E-state index contributed by atoms with van der Waals surface area (Å²) in [5.74, 6) is 0.0347. The zero-order valence-corrected chi connectivity index (χ0v) is 17.6. The van der Waals surface area contributed by atoms with Crippen molar-refractivity contribution in [2.75, 3.05) is 0 Å². The van der Waals surface area contributed by atoms with Gasteiger partial charge in [0.25, 0.3) is 0 Å². The number of rotatable bonds is 5. The Morgan fingerprint density at radius 1 is 0.667 bits per heavy atom. The van der Waals surface area contributed by atoms with Gasteiger partial charge in [-0.25, -0.2) is 4.98 Å². The fourth-order valence-electron chi connectivity index (χ4n) is 3.08. The predicted molar refractivity (Wildman–Crippen MR) is 119 cm³/mol. The molecule has 0 aliphatic carbocycles. The number of benzene rings is 3. The van der Waals surface area contributed by atoms with E-state index in [1.807, 2.05) is 74.5 Å². The van der Waals surface area contributed by atoms with Crippen molar-refractivity contribution in [3.05, 3.63) is 102 Å². The van der Waals surface area contributed by atoms with Gasteiger partial charge in [-0.2, -0.15) is 8.42 Å². The molecule has 4 nitrogen and oxygen atoms in total. The topological polar surface area (TPSA) is 56.3 Å². The Morgan fingerprint density at radius 3 is 1.90 bits per heavy atom. The summed E-state index contributed by atoms with van der Waals surface area (Å²) in [6, 6.07) is 27.8. The fraction of sp³-hybridized carbons (Fsp3) is 0.0800. The molecule has 0 radical (unpaired) electrons. The van der Waals surface area contributed by atoms with E-state index in [4.69, 9.17) is 4.18 Å². The van der Waals surface area contributed by atoms with Crippen molar-refractivity contribution < 1.29 is 12.6 Å². The molecule has 1 aromatic heterocycles. The molecule has 0 atom stereocenters. The molecule has 0 bridgehead atoms. The minimum Gasteiger partial charge on any atom is -0.358 e. The van der Waals surface area contributed by atoms with E-state index in [2.05, 4.69) is 4.98 Å². The Bertz CT molecular complexity index is 1260. The molecule has 0 saturated carbocycles. The minimum atomic E-state index is -4.00. The van der Waals surface area contributed by atoms with Gasteiger partial charge in [0.05, 0.1) is 5.69 Å². The maximum absolute atomic E-state index is 12.8. The first kappa shape index (κ1) is 19.9. The Balaban J connectivity index is 1.79. The van der Waals surface area contributed by atoms with Gasteiger partial charge in [-0.05, 0) is 43.2 Å². The van der Waals surface area contributed by atoms with Crippen LogP contribution in [0.1, 0.15) is 11.1 Å². The number of pyridine rings is 1. The Hall–Kier alpha value is -3.44. The molecule has 0 amide bonds. The first-order chi connectivity index (χ1) is 14.4. The van der Waals surface area contributed by atoms with Crippen molar-refractivity contribution in [3.63, 3.8) is 0 Å². The first-order valence-electron chi connectivity index (χ1n) is 9.56. The van der Waals surface area contributed by atoms with Gasteiger partial charge in [-0.1, -0.05) is 77.9 Å². The van der Waals surface area contributed by atoms with Gasteiger partial charge in [0, 0.05) is 11.6 Å². The van der Waals surface area contributed by atoms with Gasteiger partial charge < -0.3 is 4.18 Å². The van der Waals surface area contributed by atoms with Crippen LogP contribution in [0.25, 0.3) is 22.4 Å². The number of aryl methyl sites for hydroxylation is 2. The summed E-state index contributed by atoms with van der Waals surface area (Å²) in [6.45, 7) is 3.91. The van der Waals surface area contributed by atoms with Crippen LogP contribution in [0.4, 0.5) is 0 Å². The molecule has 3 aromatic carbocycles. The molecule has 0 N–H and O–H groups in total. The van der Waals surface area contributed by atoms with E-state index >= 15 is 0 Å². The van der Waals surface area contributed by atoms with Crippen molar-refractivity contribution in [2.45, 2.75) is 18.7 Å². The average Bonchev–Trinajstić information content (AvgIpc) is 2.74. The normalized spacial score (nSPS) is 11.3. The Morgan fingerprint density at radius 2 is 1.27 bits per heavy atom. The standard InChI is InChI=1S/C25H21NO3S/c1-18-8-12-21(13-9-18)24-16-22(20-6-4-3-5-7-20)17-25(26-24)29-30(27,28)23-14-10-19(2)11-15-23/h3-17H,1-2H3. The SMILES string of the molecule is Cc1ccc(-c2cc(-c3ccccc3)cc(OS(=O)(=O)c3ccc(C)cc3)n2)cc1. The highest BCUT2D eigenvalue weighted by molar-refractivity contribution is 7.87. The Labute approximate surface area is 177 Å². The second-order valence-electron chi connectivity index (χ2n) is 7.16. The minimum absolute atomic E-state index is 0.0347. The molecular weight excluding hydrogens is 394 g/mol. The van der Waals surface area contributed by atoms with E-state index in [0.29, 0.717) is 5.69 Å². The second-order valence-corrected chi connectivity index (χ2v) is 8.71. The van der Waals surface area contributed by atoms with Crippen LogP contribution in [0.15, 0.2) is 95.9 Å². The maximum atomic E-state index is 12.8. The van der Waals surface area contributed by atoms with Crippen molar-refractivity contribution >= 4 is 10.1 Å². The van der Waals surface area contributed by atoms with Crippen LogP contribution in [-0.2, 0) is 10.1 Å². The third-order valence-corrected chi connectivity index (χ3v) is 6.00. The van der Waals surface area contributed by atoms with Crippen molar-refractivity contribution in [2.24, 2.45) is 0 Å². The van der Waals surface area contributed by atoms with Crippen LogP contribution in [0.2, 0.25) is 0 Å². The van der Waals surface area contributed by atoms with E-state index in [9.17, 15) is 8.42 Å². The van der Waals surface area contributed by atoms with Crippen molar-refractivity contribution in [1.29, 1.82) is 0 Å². The Kier molecular flexibility index (Phi) is 5.38. The molecule has 4 rings (SSSR count). The van der Waals surface area contributed by atoms with E-state index in [0.717, 1.165) is 27.8 Å². The lowest BCUT2D eigenvalue weighted by Gasteiger charge is -2.11. The van der Waals surface area contributed by atoms with Crippen LogP contribution in [0.5, 0.6) is 5.88 Å². The summed E-state index contributed by atoms with van der Waals surface area (Å²) in [5, 5.41) is 0. The van der Waals surface area contributed by atoms with E-state index in [1.165, 1.54) is 12.1 Å². The zero-order valence-electron chi connectivity index (χ0n) is 16.7. The molecule has 0 spiro atoms. The van der Waals surface area contributed by atoms with Gasteiger partial charge in [0.2, 0.25) is 5.88 Å². The summed E-state index contributed by atoms with van der Waals surface area (Å²) in [4.78, 5) is 4.58. The number of aromatic nitrogens is 1. The number of hydrogen-bond donors (Lipinski definition) is 0.